The lowest BCUT2D eigenvalue weighted by atomic mass is 10.0. The van der Waals surface area contributed by atoms with Crippen LogP contribution in [-0.4, -0.2) is 42.8 Å². The van der Waals surface area contributed by atoms with Gasteiger partial charge in [-0.25, -0.2) is 0 Å². The molecule has 1 N–H and O–H groups in total. The van der Waals surface area contributed by atoms with E-state index in [4.69, 9.17) is 4.74 Å². The predicted octanol–water partition coefficient (Wildman–Crippen LogP) is 4.25. The zero-order valence-corrected chi connectivity index (χ0v) is 18.1. The molecule has 5 nitrogen and oxygen atoms in total. The van der Waals surface area contributed by atoms with E-state index in [0.29, 0.717) is 23.4 Å². The highest BCUT2D eigenvalue weighted by Crippen LogP contribution is 2.24. The van der Waals surface area contributed by atoms with Gasteiger partial charge in [0, 0.05) is 17.7 Å². The van der Waals surface area contributed by atoms with E-state index in [9.17, 15) is 9.59 Å². The first kappa shape index (κ1) is 21.8. The smallest absolute Gasteiger partial charge is 0.258 e. The summed E-state index contributed by atoms with van der Waals surface area (Å²) >= 11 is 0. The van der Waals surface area contributed by atoms with Gasteiger partial charge < -0.3 is 10.1 Å². The van der Waals surface area contributed by atoms with Crippen LogP contribution < -0.4 is 10.1 Å². The van der Waals surface area contributed by atoms with Crippen LogP contribution in [0.1, 0.15) is 40.4 Å². The largest absolute Gasteiger partial charge is 0.484 e. The van der Waals surface area contributed by atoms with Crippen molar-refractivity contribution in [1.82, 2.24) is 10.2 Å². The van der Waals surface area contributed by atoms with Crippen LogP contribution in [0, 0.1) is 0 Å². The molecule has 0 aromatic heterocycles. The average molecular weight is 429 g/mol. The number of amides is 1. The molecule has 1 fully saturated rings. The molecule has 3 aromatic carbocycles. The highest BCUT2D eigenvalue weighted by molar-refractivity contribution is 6.08. The van der Waals surface area contributed by atoms with Crippen molar-refractivity contribution in [2.24, 2.45) is 0 Å². The summed E-state index contributed by atoms with van der Waals surface area (Å²) < 4.78 is 5.63. The summed E-state index contributed by atoms with van der Waals surface area (Å²) in [5, 5.41) is 3.02. The first-order valence-electron chi connectivity index (χ1n) is 11.1. The molecule has 5 heteroatoms. The van der Waals surface area contributed by atoms with Gasteiger partial charge >= 0.3 is 0 Å². The number of likely N-dealkylation sites (tertiary alicyclic amines) is 1. The van der Waals surface area contributed by atoms with Crippen molar-refractivity contribution in [2.45, 2.75) is 18.9 Å². The number of carbonyl (C=O) groups is 2. The summed E-state index contributed by atoms with van der Waals surface area (Å²) in [7, 11) is 0. The molecule has 0 saturated carbocycles. The maximum atomic E-state index is 12.5. The van der Waals surface area contributed by atoms with Gasteiger partial charge in [-0.2, -0.15) is 0 Å². The molecule has 1 saturated heterocycles. The van der Waals surface area contributed by atoms with Crippen LogP contribution in [0.15, 0.2) is 84.9 Å². The molecule has 1 atom stereocenters. The fourth-order valence-corrected chi connectivity index (χ4v) is 4.06. The number of ether oxygens (including phenoxy) is 1. The number of nitrogens with zero attached hydrogens (tertiary/aromatic N) is 1. The maximum absolute atomic E-state index is 12.5. The predicted molar refractivity (Wildman–Crippen MR) is 125 cm³/mol. The van der Waals surface area contributed by atoms with Gasteiger partial charge in [0.1, 0.15) is 5.75 Å². The lowest BCUT2D eigenvalue weighted by Crippen LogP contribution is -2.38. The molecule has 1 amide bonds. The number of ketones is 1. The summed E-state index contributed by atoms with van der Waals surface area (Å²) in [5.74, 6) is 0.363. The van der Waals surface area contributed by atoms with Crippen LogP contribution >= 0.6 is 0 Å². The lowest BCUT2D eigenvalue weighted by Gasteiger charge is -2.28. The highest BCUT2D eigenvalue weighted by Gasteiger charge is 2.23. The Labute approximate surface area is 189 Å². The zero-order chi connectivity index (χ0) is 22.2. The van der Waals surface area contributed by atoms with Gasteiger partial charge in [0.05, 0.1) is 6.04 Å². The van der Waals surface area contributed by atoms with Gasteiger partial charge in [0.2, 0.25) is 0 Å². The Morgan fingerprint density at radius 2 is 1.41 bits per heavy atom. The van der Waals surface area contributed by atoms with Gasteiger partial charge in [-0.15, -0.1) is 0 Å². The summed E-state index contributed by atoms with van der Waals surface area (Å²) in [6, 6.07) is 26.5. The molecule has 4 rings (SSSR count). The van der Waals surface area contributed by atoms with Crippen molar-refractivity contribution in [3.8, 4) is 5.75 Å². The topological polar surface area (TPSA) is 58.6 Å². The second-order valence-electron chi connectivity index (χ2n) is 7.98. The average Bonchev–Trinajstić information content (AvgIpc) is 3.39. The molecule has 1 aliphatic rings. The van der Waals surface area contributed by atoms with Crippen molar-refractivity contribution < 1.29 is 14.3 Å². The molecule has 1 heterocycles. The van der Waals surface area contributed by atoms with Crippen LogP contribution in [0.4, 0.5) is 0 Å². The molecule has 1 unspecified atom stereocenters. The quantitative estimate of drug-likeness (QED) is 0.518. The van der Waals surface area contributed by atoms with Crippen LogP contribution in [0.3, 0.4) is 0 Å². The molecule has 0 aliphatic carbocycles. The number of hydrogen-bond donors (Lipinski definition) is 1. The van der Waals surface area contributed by atoms with Crippen molar-refractivity contribution >= 4 is 11.7 Å². The molecule has 0 radical (unpaired) electrons. The first-order chi connectivity index (χ1) is 15.7. The second-order valence-corrected chi connectivity index (χ2v) is 7.98. The molecule has 32 heavy (non-hydrogen) atoms. The summed E-state index contributed by atoms with van der Waals surface area (Å²) in [5.41, 5.74) is 2.45. The number of nitrogens with one attached hydrogen (secondary N) is 1. The standard InChI is InChI=1S/C27H28N2O3/c30-26(28-19-25(29-17-7-8-18-29)21-9-3-1-4-10-21)20-32-24-15-13-23(14-16-24)27(31)22-11-5-2-6-12-22/h1-6,9-16,25H,7-8,17-20H2,(H,28,30). The number of carbonyl (C=O) groups excluding carboxylic acids is 2. The Hall–Kier alpha value is -3.44. The third-order valence-corrected chi connectivity index (χ3v) is 5.78. The van der Waals surface area contributed by atoms with E-state index >= 15 is 0 Å². The van der Waals surface area contributed by atoms with Crippen molar-refractivity contribution in [1.29, 1.82) is 0 Å². The SMILES string of the molecule is O=C(COc1ccc(C(=O)c2ccccc2)cc1)NCC(c1ccccc1)N1CCCC1. The molecule has 1 aliphatic heterocycles. The van der Waals surface area contributed by atoms with E-state index in [1.54, 1.807) is 36.4 Å². The molecule has 0 bridgehead atoms. The van der Waals surface area contributed by atoms with E-state index in [1.165, 1.54) is 18.4 Å². The third-order valence-electron chi connectivity index (χ3n) is 5.78. The van der Waals surface area contributed by atoms with Gasteiger partial charge in [0.25, 0.3) is 5.91 Å². The number of benzene rings is 3. The zero-order valence-electron chi connectivity index (χ0n) is 18.1. The van der Waals surface area contributed by atoms with Gasteiger partial charge in [0.15, 0.2) is 12.4 Å². The van der Waals surface area contributed by atoms with E-state index in [-0.39, 0.29) is 24.3 Å². The minimum Gasteiger partial charge on any atom is -0.484 e. The van der Waals surface area contributed by atoms with Gasteiger partial charge in [-0.1, -0.05) is 60.7 Å². The number of hydrogen-bond acceptors (Lipinski definition) is 4. The van der Waals surface area contributed by atoms with Crippen LogP contribution in [0.25, 0.3) is 0 Å². The fourth-order valence-electron chi connectivity index (χ4n) is 4.06. The third kappa shape index (κ3) is 5.62. The Bertz CT molecular complexity index is 1010. The van der Waals surface area contributed by atoms with E-state index in [1.807, 2.05) is 36.4 Å². The summed E-state index contributed by atoms with van der Waals surface area (Å²) in [6.07, 6.45) is 2.40. The minimum absolute atomic E-state index is 0.0382. The molecular weight excluding hydrogens is 400 g/mol. The summed E-state index contributed by atoms with van der Waals surface area (Å²) in [6.45, 7) is 2.60. The van der Waals surface area contributed by atoms with Crippen LogP contribution in [0.5, 0.6) is 5.75 Å². The Morgan fingerprint density at radius 1 is 0.812 bits per heavy atom. The van der Waals surface area contributed by atoms with Crippen molar-refractivity contribution in [3.05, 3.63) is 102 Å². The highest BCUT2D eigenvalue weighted by atomic mass is 16.5. The molecule has 164 valence electrons. The van der Waals surface area contributed by atoms with Crippen LogP contribution in [-0.2, 0) is 4.79 Å². The van der Waals surface area contributed by atoms with Crippen molar-refractivity contribution in [2.75, 3.05) is 26.2 Å². The summed E-state index contributed by atoms with van der Waals surface area (Å²) in [4.78, 5) is 27.3. The Balaban J connectivity index is 1.29. The van der Waals surface area contributed by atoms with Crippen LogP contribution in [0.2, 0.25) is 0 Å². The Kier molecular flexibility index (Phi) is 7.31. The van der Waals surface area contributed by atoms with Gasteiger partial charge in [-0.3, -0.25) is 14.5 Å². The van der Waals surface area contributed by atoms with E-state index in [2.05, 4.69) is 22.3 Å². The monoisotopic (exact) mass is 428 g/mol. The number of rotatable bonds is 9. The molecule has 0 spiro atoms. The first-order valence-corrected chi connectivity index (χ1v) is 11.1. The lowest BCUT2D eigenvalue weighted by molar-refractivity contribution is -0.123. The molecule has 3 aromatic rings. The second kappa shape index (κ2) is 10.7. The van der Waals surface area contributed by atoms with Gasteiger partial charge in [-0.05, 0) is 55.8 Å². The normalized spacial score (nSPS) is 14.6. The van der Waals surface area contributed by atoms with Crippen molar-refractivity contribution in [3.63, 3.8) is 0 Å². The van der Waals surface area contributed by atoms with E-state index in [0.717, 1.165) is 13.1 Å². The maximum Gasteiger partial charge on any atom is 0.258 e. The molecular formula is C27H28N2O3. The minimum atomic E-state index is -0.158. The Morgan fingerprint density at radius 3 is 2.06 bits per heavy atom. The fraction of sp³-hybridized carbons (Fsp3) is 0.259. The van der Waals surface area contributed by atoms with E-state index < -0.39 is 0 Å².